The smallest absolute Gasteiger partial charge is 0.142 e. The largest absolute Gasteiger partial charge is 0.383 e. The van der Waals surface area contributed by atoms with Gasteiger partial charge in [0, 0.05) is 20.4 Å². The monoisotopic (exact) mass is 272 g/mol. The quantitative estimate of drug-likeness (QED) is 0.843. The number of hydrogen-bond acceptors (Lipinski definition) is 3. The molecule has 3 nitrogen and oxygen atoms in total. The zero-order chi connectivity index (χ0) is 11.4. The molecule has 0 aromatic carbocycles. The molecule has 1 aromatic heterocycles. The third-order valence-electron chi connectivity index (χ3n) is 2.36. The van der Waals surface area contributed by atoms with Crippen molar-refractivity contribution >= 4 is 21.7 Å². The van der Waals surface area contributed by atoms with E-state index in [9.17, 15) is 0 Å². The van der Waals surface area contributed by atoms with Crippen LogP contribution in [-0.2, 0) is 4.74 Å². The first-order chi connectivity index (χ1) is 7.06. The number of aryl methyl sites for hydroxylation is 1. The van der Waals surface area contributed by atoms with Crippen molar-refractivity contribution in [2.75, 3.05) is 25.7 Å². The molecule has 0 aliphatic carbocycles. The van der Waals surface area contributed by atoms with Gasteiger partial charge >= 0.3 is 0 Å². The van der Waals surface area contributed by atoms with Gasteiger partial charge in [0.1, 0.15) is 5.82 Å². The SMILES string of the molecule is COCC(C)N(C)c1ncc(C)cc1Br. The highest BCUT2D eigenvalue weighted by molar-refractivity contribution is 9.10. The lowest BCUT2D eigenvalue weighted by molar-refractivity contribution is 0.183. The van der Waals surface area contributed by atoms with Crippen molar-refractivity contribution in [2.24, 2.45) is 0 Å². The highest BCUT2D eigenvalue weighted by Crippen LogP contribution is 2.24. The molecule has 0 aliphatic heterocycles. The summed E-state index contributed by atoms with van der Waals surface area (Å²) in [5.41, 5.74) is 1.15. The number of hydrogen-bond donors (Lipinski definition) is 0. The van der Waals surface area contributed by atoms with Gasteiger partial charge in [0.15, 0.2) is 0 Å². The van der Waals surface area contributed by atoms with Crippen LogP contribution >= 0.6 is 15.9 Å². The number of halogens is 1. The summed E-state index contributed by atoms with van der Waals surface area (Å²) < 4.78 is 6.15. The topological polar surface area (TPSA) is 25.4 Å². The van der Waals surface area contributed by atoms with Crippen LogP contribution in [0.15, 0.2) is 16.7 Å². The van der Waals surface area contributed by atoms with E-state index >= 15 is 0 Å². The predicted molar refractivity (Wildman–Crippen MR) is 66.4 cm³/mol. The zero-order valence-electron chi connectivity index (χ0n) is 9.62. The number of pyridine rings is 1. The lowest BCUT2D eigenvalue weighted by Crippen LogP contribution is -2.33. The third-order valence-corrected chi connectivity index (χ3v) is 2.95. The van der Waals surface area contributed by atoms with E-state index in [4.69, 9.17) is 4.74 Å². The van der Waals surface area contributed by atoms with Crippen molar-refractivity contribution in [3.63, 3.8) is 0 Å². The highest BCUT2D eigenvalue weighted by atomic mass is 79.9. The first-order valence-electron chi connectivity index (χ1n) is 4.90. The van der Waals surface area contributed by atoms with Crippen molar-refractivity contribution in [3.8, 4) is 0 Å². The Labute approximate surface area is 99.6 Å². The van der Waals surface area contributed by atoms with Crippen LogP contribution in [0.2, 0.25) is 0 Å². The fraction of sp³-hybridized carbons (Fsp3) is 0.545. The molecule has 1 rings (SSSR count). The average molecular weight is 273 g/mol. The molecular weight excluding hydrogens is 256 g/mol. The molecule has 84 valence electrons. The summed E-state index contributed by atoms with van der Waals surface area (Å²) in [5.74, 6) is 0.949. The molecule has 1 heterocycles. The van der Waals surface area contributed by atoms with E-state index in [2.05, 4.69) is 38.8 Å². The zero-order valence-corrected chi connectivity index (χ0v) is 11.2. The number of ether oxygens (including phenoxy) is 1. The minimum Gasteiger partial charge on any atom is -0.383 e. The predicted octanol–water partition coefficient (Wildman–Crippen LogP) is 2.62. The molecule has 0 saturated heterocycles. The van der Waals surface area contributed by atoms with Crippen LogP contribution in [0.25, 0.3) is 0 Å². The Morgan fingerprint density at radius 1 is 1.60 bits per heavy atom. The summed E-state index contributed by atoms with van der Waals surface area (Å²) >= 11 is 3.52. The lowest BCUT2D eigenvalue weighted by Gasteiger charge is -2.26. The molecule has 0 radical (unpaired) electrons. The van der Waals surface area contributed by atoms with Crippen molar-refractivity contribution < 1.29 is 4.74 Å². The van der Waals surface area contributed by atoms with E-state index in [1.54, 1.807) is 7.11 Å². The lowest BCUT2D eigenvalue weighted by atomic mass is 10.3. The van der Waals surface area contributed by atoms with E-state index < -0.39 is 0 Å². The summed E-state index contributed by atoms with van der Waals surface area (Å²) in [4.78, 5) is 6.51. The minimum absolute atomic E-state index is 0.307. The second-order valence-electron chi connectivity index (χ2n) is 3.73. The fourth-order valence-electron chi connectivity index (χ4n) is 1.35. The molecule has 0 bridgehead atoms. The summed E-state index contributed by atoms with van der Waals surface area (Å²) in [7, 11) is 3.73. The van der Waals surface area contributed by atoms with E-state index in [0.717, 1.165) is 15.9 Å². The number of likely N-dealkylation sites (N-methyl/N-ethyl adjacent to an activating group) is 1. The van der Waals surface area contributed by atoms with E-state index in [1.165, 1.54) is 0 Å². The van der Waals surface area contributed by atoms with Gasteiger partial charge in [-0.25, -0.2) is 4.98 Å². The van der Waals surface area contributed by atoms with Crippen molar-refractivity contribution in [3.05, 3.63) is 22.3 Å². The van der Waals surface area contributed by atoms with Gasteiger partial charge in [-0.1, -0.05) is 0 Å². The van der Waals surface area contributed by atoms with Crippen molar-refractivity contribution in [2.45, 2.75) is 19.9 Å². The van der Waals surface area contributed by atoms with Crippen LogP contribution in [0.3, 0.4) is 0 Å². The second kappa shape index (κ2) is 5.47. The fourth-order valence-corrected chi connectivity index (χ4v) is 2.09. The van der Waals surface area contributed by atoms with Gasteiger partial charge in [-0.05, 0) is 41.4 Å². The minimum atomic E-state index is 0.307. The molecule has 0 spiro atoms. The Balaban J connectivity index is 2.86. The number of rotatable bonds is 4. The van der Waals surface area contributed by atoms with Crippen LogP contribution in [0.5, 0.6) is 0 Å². The van der Waals surface area contributed by atoms with Crippen LogP contribution in [0, 0.1) is 6.92 Å². The maximum absolute atomic E-state index is 5.13. The molecular formula is C11H17BrN2O. The summed E-state index contributed by atoms with van der Waals surface area (Å²) in [6.07, 6.45) is 1.87. The van der Waals surface area contributed by atoms with Gasteiger partial charge < -0.3 is 9.64 Å². The number of anilines is 1. The molecule has 0 amide bonds. The average Bonchev–Trinajstić information content (AvgIpc) is 2.17. The molecule has 4 heteroatoms. The highest BCUT2D eigenvalue weighted by Gasteiger charge is 2.13. The molecule has 0 saturated carbocycles. The van der Waals surface area contributed by atoms with E-state index in [-0.39, 0.29) is 0 Å². The van der Waals surface area contributed by atoms with Gasteiger partial charge in [0.2, 0.25) is 0 Å². The molecule has 0 fully saturated rings. The Hall–Kier alpha value is -0.610. The molecule has 0 aliphatic rings. The Kier molecular flexibility index (Phi) is 4.54. The van der Waals surface area contributed by atoms with Crippen LogP contribution in [0.1, 0.15) is 12.5 Å². The van der Waals surface area contributed by atoms with Gasteiger partial charge in [-0.2, -0.15) is 0 Å². The van der Waals surface area contributed by atoms with Gasteiger partial charge in [0.05, 0.1) is 17.1 Å². The first kappa shape index (κ1) is 12.5. The van der Waals surface area contributed by atoms with Crippen LogP contribution in [-0.4, -0.2) is 31.8 Å². The first-order valence-corrected chi connectivity index (χ1v) is 5.69. The Morgan fingerprint density at radius 3 is 2.80 bits per heavy atom. The summed E-state index contributed by atoms with van der Waals surface area (Å²) in [6, 6.07) is 2.37. The Morgan fingerprint density at radius 2 is 2.27 bits per heavy atom. The molecule has 0 N–H and O–H groups in total. The molecule has 1 unspecified atom stereocenters. The molecule has 1 atom stereocenters. The molecule has 15 heavy (non-hydrogen) atoms. The number of methoxy groups -OCH3 is 1. The summed E-state index contributed by atoms with van der Waals surface area (Å²) in [6.45, 7) is 4.83. The van der Waals surface area contributed by atoms with E-state index in [1.807, 2.05) is 20.2 Å². The number of aromatic nitrogens is 1. The van der Waals surface area contributed by atoms with Gasteiger partial charge in [-0.15, -0.1) is 0 Å². The Bertz CT molecular complexity index is 330. The van der Waals surface area contributed by atoms with Gasteiger partial charge in [-0.3, -0.25) is 0 Å². The van der Waals surface area contributed by atoms with Crippen LogP contribution in [0.4, 0.5) is 5.82 Å². The summed E-state index contributed by atoms with van der Waals surface area (Å²) in [5, 5.41) is 0. The van der Waals surface area contributed by atoms with E-state index in [0.29, 0.717) is 12.6 Å². The standard InChI is InChI=1S/C11H17BrN2O/c1-8-5-10(12)11(13-6-8)14(3)9(2)7-15-4/h5-6,9H,7H2,1-4H3. The van der Waals surface area contributed by atoms with Gasteiger partial charge in [0.25, 0.3) is 0 Å². The van der Waals surface area contributed by atoms with Crippen LogP contribution < -0.4 is 4.90 Å². The normalized spacial score (nSPS) is 12.6. The number of nitrogens with zero attached hydrogens (tertiary/aromatic N) is 2. The molecule has 1 aromatic rings. The second-order valence-corrected chi connectivity index (χ2v) is 4.59. The third kappa shape index (κ3) is 3.18. The maximum Gasteiger partial charge on any atom is 0.142 e. The maximum atomic E-state index is 5.13. The van der Waals surface area contributed by atoms with Crippen molar-refractivity contribution in [1.82, 2.24) is 4.98 Å². The van der Waals surface area contributed by atoms with Crippen molar-refractivity contribution in [1.29, 1.82) is 0 Å².